The number of nitrogens with one attached hydrogen (secondary N) is 1. The van der Waals surface area contributed by atoms with Gasteiger partial charge in [-0.25, -0.2) is 0 Å². The predicted molar refractivity (Wildman–Crippen MR) is 185 cm³/mol. The first kappa shape index (κ1) is 31.6. The van der Waals surface area contributed by atoms with Crippen molar-refractivity contribution < 1.29 is 14.4 Å². The van der Waals surface area contributed by atoms with Crippen molar-refractivity contribution in [2.24, 2.45) is 0 Å². The van der Waals surface area contributed by atoms with Crippen LogP contribution in [0.1, 0.15) is 85.7 Å². The van der Waals surface area contributed by atoms with E-state index >= 15 is 0 Å². The maximum Gasteiger partial charge on any atom is 0.236 e. The fraction of sp³-hybridized carbons (Fsp3) is 0.595. The van der Waals surface area contributed by atoms with Gasteiger partial charge in [-0.05, 0) is 96.9 Å². The number of piperazine rings is 1. The summed E-state index contributed by atoms with van der Waals surface area (Å²) < 4.78 is 0. The largest absolute Gasteiger partial charge is 0.346 e. The van der Waals surface area contributed by atoms with Crippen LogP contribution in [0.5, 0.6) is 0 Å². The van der Waals surface area contributed by atoms with Crippen LogP contribution in [-0.4, -0.2) is 106 Å². The Morgan fingerprint density at radius 3 is 2.17 bits per heavy atom. The van der Waals surface area contributed by atoms with E-state index in [0.717, 1.165) is 114 Å². The maximum atomic E-state index is 14.4. The van der Waals surface area contributed by atoms with E-state index in [2.05, 4.69) is 78.6 Å². The van der Waals surface area contributed by atoms with Crippen LogP contribution in [0.2, 0.25) is 0 Å². The van der Waals surface area contributed by atoms with Crippen molar-refractivity contribution in [1.82, 2.24) is 24.6 Å². The minimum absolute atomic E-state index is 0.0975. The fourth-order valence-electron chi connectivity index (χ4n) is 8.56. The van der Waals surface area contributed by atoms with Crippen LogP contribution in [0.4, 0.5) is 0 Å². The molecule has 46 heavy (non-hydrogen) atoms. The van der Waals surface area contributed by atoms with Gasteiger partial charge in [0.05, 0.1) is 29.8 Å². The van der Waals surface area contributed by atoms with Crippen LogP contribution >= 0.6 is 11.3 Å². The lowest BCUT2D eigenvalue weighted by molar-refractivity contribution is -0.137. The standard InChI is InChI=1S/C37H49N5O3S/c1-23-16-24(2)18-26(17-23)34-33(30(43)21-39-14-15-41(25(3)20-39)22-32(44)40-12-6-7-13-40)29-19-31(46-35(29)38-34)37(4,5)36(45)42-27-8-9-28(42)11-10-27/h16-19,25,27-28,38H,6-15,20-22H2,1-5H3. The van der Waals surface area contributed by atoms with Crippen molar-refractivity contribution in [3.8, 4) is 11.3 Å². The van der Waals surface area contributed by atoms with E-state index in [9.17, 15) is 14.4 Å². The summed E-state index contributed by atoms with van der Waals surface area (Å²) in [5, 5.41) is 0.923. The molecule has 4 aliphatic heterocycles. The van der Waals surface area contributed by atoms with Gasteiger partial charge in [-0.2, -0.15) is 0 Å². The molecule has 1 atom stereocenters. The molecule has 0 saturated carbocycles. The molecule has 4 saturated heterocycles. The first-order valence-corrected chi connectivity index (χ1v) is 18.2. The zero-order valence-corrected chi connectivity index (χ0v) is 29.0. The lowest BCUT2D eigenvalue weighted by Gasteiger charge is -2.39. The minimum atomic E-state index is -0.658. The molecular formula is C37H49N5O3S. The Balaban J connectivity index is 1.15. The van der Waals surface area contributed by atoms with E-state index in [1.807, 2.05) is 4.90 Å². The second kappa shape index (κ2) is 12.2. The van der Waals surface area contributed by atoms with Crippen molar-refractivity contribution >= 4 is 39.2 Å². The second-order valence-corrected chi connectivity index (χ2v) is 16.0. The van der Waals surface area contributed by atoms with E-state index in [1.54, 1.807) is 11.3 Å². The number of hydrogen-bond donors (Lipinski definition) is 1. The molecule has 1 aromatic carbocycles. The Labute approximate surface area is 277 Å². The summed E-state index contributed by atoms with van der Waals surface area (Å²) in [5.41, 5.74) is 4.28. The van der Waals surface area contributed by atoms with Gasteiger partial charge in [0.25, 0.3) is 0 Å². The number of hydrogen-bond acceptors (Lipinski definition) is 6. The quantitative estimate of drug-likeness (QED) is 0.316. The van der Waals surface area contributed by atoms with Crippen LogP contribution in [-0.2, 0) is 15.0 Å². The van der Waals surface area contributed by atoms with Crippen LogP contribution in [0.25, 0.3) is 21.5 Å². The van der Waals surface area contributed by atoms with Gasteiger partial charge in [0.15, 0.2) is 5.78 Å². The molecule has 2 aromatic heterocycles. The topological polar surface area (TPSA) is 80.0 Å². The summed E-state index contributed by atoms with van der Waals surface area (Å²) >= 11 is 1.62. The summed E-state index contributed by atoms with van der Waals surface area (Å²) in [6, 6.07) is 9.54. The molecule has 0 aliphatic carbocycles. The zero-order valence-electron chi connectivity index (χ0n) is 28.2. The van der Waals surface area contributed by atoms with E-state index in [0.29, 0.717) is 25.2 Å². The summed E-state index contributed by atoms with van der Waals surface area (Å²) in [5.74, 6) is 0.549. The number of fused-ring (bicyclic) bond motifs is 3. The Kier molecular flexibility index (Phi) is 8.39. The van der Waals surface area contributed by atoms with Crippen LogP contribution in [0, 0.1) is 13.8 Å². The number of rotatable bonds is 8. The third-order valence-electron chi connectivity index (χ3n) is 11.1. The third kappa shape index (κ3) is 5.73. The highest BCUT2D eigenvalue weighted by Crippen LogP contribution is 2.44. The predicted octanol–water partition coefficient (Wildman–Crippen LogP) is 5.76. The van der Waals surface area contributed by atoms with Gasteiger partial charge in [0.1, 0.15) is 4.83 Å². The number of aromatic nitrogens is 1. The Bertz CT molecular complexity index is 1630. The maximum absolute atomic E-state index is 14.4. The van der Waals surface area contributed by atoms with Gasteiger partial charge in [-0.3, -0.25) is 24.2 Å². The van der Waals surface area contributed by atoms with Crippen molar-refractivity contribution in [2.45, 2.75) is 96.7 Å². The second-order valence-electron chi connectivity index (χ2n) is 15.0. The molecule has 9 heteroatoms. The molecule has 3 aromatic rings. The number of carbonyl (C=O) groups excluding carboxylic acids is 3. The van der Waals surface area contributed by atoms with Crippen molar-refractivity contribution in [1.29, 1.82) is 0 Å². The molecule has 1 N–H and O–H groups in total. The number of aryl methyl sites for hydroxylation is 2. The number of carbonyl (C=O) groups is 3. The van der Waals surface area contributed by atoms with Gasteiger partial charge in [0.2, 0.25) is 11.8 Å². The number of thiophene rings is 1. The average Bonchev–Trinajstić information content (AvgIpc) is 3.84. The van der Waals surface area contributed by atoms with Crippen molar-refractivity contribution in [2.75, 3.05) is 45.8 Å². The van der Waals surface area contributed by atoms with E-state index < -0.39 is 5.41 Å². The van der Waals surface area contributed by atoms with Crippen LogP contribution in [0.3, 0.4) is 0 Å². The Morgan fingerprint density at radius 1 is 0.891 bits per heavy atom. The van der Waals surface area contributed by atoms with Gasteiger partial charge in [-0.1, -0.05) is 17.2 Å². The molecule has 2 amide bonds. The lowest BCUT2D eigenvalue weighted by atomic mass is 9.88. The van der Waals surface area contributed by atoms with Crippen LogP contribution < -0.4 is 0 Å². The summed E-state index contributed by atoms with van der Waals surface area (Å²) in [4.78, 5) is 55.5. The van der Waals surface area contributed by atoms with E-state index in [-0.39, 0.29) is 23.6 Å². The monoisotopic (exact) mass is 643 g/mol. The van der Waals surface area contributed by atoms with Crippen LogP contribution in [0.15, 0.2) is 24.3 Å². The highest BCUT2D eigenvalue weighted by Gasteiger charge is 2.47. The average molecular weight is 644 g/mol. The molecule has 246 valence electrons. The van der Waals surface area contributed by atoms with Gasteiger partial charge < -0.3 is 14.8 Å². The van der Waals surface area contributed by atoms with Gasteiger partial charge >= 0.3 is 0 Å². The van der Waals surface area contributed by atoms with Gasteiger partial charge in [0, 0.05) is 61.1 Å². The smallest absolute Gasteiger partial charge is 0.236 e. The molecule has 7 rings (SSSR count). The number of H-pyrrole nitrogens is 1. The summed E-state index contributed by atoms with van der Waals surface area (Å²) in [7, 11) is 0. The van der Waals surface area contributed by atoms with Gasteiger partial charge in [-0.15, -0.1) is 11.3 Å². The summed E-state index contributed by atoms with van der Waals surface area (Å²) in [6.07, 6.45) is 6.70. The number of nitrogens with zero attached hydrogens (tertiary/aromatic N) is 4. The molecule has 0 radical (unpaired) electrons. The molecule has 6 heterocycles. The Morgan fingerprint density at radius 2 is 1.54 bits per heavy atom. The normalized spacial score (nSPS) is 24.1. The minimum Gasteiger partial charge on any atom is -0.346 e. The number of Topliss-reactive ketones (excluding diaryl/α,β-unsaturated/α-hetero) is 1. The number of likely N-dealkylation sites (tertiary alicyclic amines) is 1. The SMILES string of the molecule is Cc1cc(C)cc(-c2[nH]c3sc(C(C)(C)C(=O)N4C5CCC4CC5)cc3c2C(=O)CN2CCN(CC(=O)N3CCCC3)C(C)C2)c1. The Hall–Kier alpha value is -3.01. The van der Waals surface area contributed by atoms with E-state index in [4.69, 9.17) is 0 Å². The zero-order chi connectivity index (χ0) is 32.3. The highest BCUT2D eigenvalue weighted by molar-refractivity contribution is 7.19. The fourth-order valence-corrected chi connectivity index (χ4v) is 9.72. The number of amides is 2. The molecule has 1 unspecified atom stereocenters. The molecular weight excluding hydrogens is 595 g/mol. The molecule has 8 nitrogen and oxygen atoms in total. The van der Waals surface area contributed by atoms with Crippen molar-refractivity contribution in [3.05, 3.63) is 45.8 Å². The number of benzene rings is 1. The molecule has 4 aliphatic rings. The number of aromatic amines is 1. The van der Waals surface area contributed by atoms with Crippen molar-refractivity contribution in [3.63, 3.8) is 0 Å². The first-order valence-electron chi connectivity index (χ1n) is 17.3. The molecule has 0 spiro atoms. The lowest BCUT2D eigenvalue weighted by Crippen LogP contribution is -2.55. The third-order valence-corrected chi connectivity index (χ3v) is 12.5. The van der Waals surface area contributed by atoms with E-state index in [1.165, 1.54) is 0 Å². The number of ketones is 1. The highest BCUT2D eigenvalue weighted by atomic mass is 32.1. The summed E-state index contributed by atoms with van der Waals surface area (Å²) in [6.45, 7) is 15.3. The molecule has 2 bridgehead atoms. The molecule has 4 fully saturated rings. The first-order chi connectivity index (χ1) is 22.0.